The van der Waals surface area contributed by atoms with E-state index in [9.17, 15) is 9.59 Å². The average Bonchev–Trinajstić information content (AvgIpc) is 2.27. The molecule has 0 aromatic carbocycles. The fourth-order valence-electron chi connectivity index (χ4n) is 2.14. The van der Waals surface area contributed by atoms with Crippen LogP contribution in [0.25, 0.3) is 0 Å². The highest BCUT2D eigenvalue weighted by Crippen LogP contribution is 2.26. The number of carbonyl (C=O) groups is 2. The van der Waals surface area contributed by atoms with E-state index in [1.807, 2.05) is 0 Å². The Hall–Kier alpha value is -1.50. The summed E-state index contributed by atoms with van der Waals surface area (Å²) >= 11 is 0. The van der Waals surface area contributed by atoms with E-state index in [0.717, 1.165) is 32.1 Å². The maximum Gasteiger partial charge on any atom is 0.326 e. The van der Waals surface area contributed by atoms with Gasteiger partial charge in [-0.1, -0.05) is 25.2 Å². The van der Waals surface area contributed by atoms with Crippen molar-refractivity contribution in [2.24, 2.45) is 5.92 Å². The smallest absolute Gasteiger partial charge is 0.326 e. The van der Waals surface area contributed by atoms with Crippen molar-refractivity contribution in [3.05, 3.63) is 0 Å². The van der Waals surface area contributed by atoms with Gasteiger partial charge in [-0.2, -0.15) is 0 Å². The molecule has 1 rings (SSSR count). The zero-order valence-electron chi connectivity index (χ0n) is 9.45. The van der Waals surface area contributed by atoms with Crippen molar-refractivity contribution in [3.8, 4) is 11.8 Å². The summed E-state index contributed by atoms with van der Waals surface area (Å²) in [5.41, 5.74) is 0. The predicted octanol–water partition coefficient (Wildman–Crippen LogP) is 1.16. The summed E-state index contributed by atoms with van der Waals surface area (Å²) in [6.07, 6.45) is 4.99. The first-order valence-corrected chi connectivity index (χ1v) is 5.61. The van der Waals surface area contributed by atoms with Gasteiger partial charge in [-0.15, -0.1) is 0 Å². The van der Waals surface area contributed by atoms with E-state index in [1.165, 1.54) is 0 Å². The van der Waals surface area contributed by atoms with Crippen molar-refractivity contribution in [2.75, 3.05) is 0 Å². The Morgan fingerprint density at radius 2 is 1.94 bits per heavy atom. The van der Waals surface area contributed by atoms with Crippen molar-refractivity contribution in [2.45, 2.75) is 45.1 Å². The second-order valence-electron chi connectivity index (χ2n) is 4.06. The lowest BCUT2D eigenvalue weighted by molar-refractivity contribution is -0.143. The molecule has 4 nitrogen and oxygen atoms in total. The summed E-state index contributed by atoms with van der Waals surface area (Å²) in [4.78, 5) is 22.3. The second kappa shape index (κ2) is 6.16. The minimum atomic E-state index is -0.960. The quantitative estimate of drug-likeness (QED) is 0.705. The fourth-order valence-corrected chi connectivity index (χ4v) is 2.14. The molecule has 1 unspecified atom stereocenters. The fraction of sp³-hybridized carbons (Fsp3) is 0.667. The number of carboxylic acids is 1. The molecule has 0 radical (unpaired) electrons. The van der Waals surface area contributed by atoms with Gasteiger partial charge in [-0.05, 0) is 31.6 Å². The van der Waals surface area contributed by atoms with Gasteiger partial charge in [0.1, 0.15) is 6.04 Å². The van der Waals surface area contributed by atoms with Gasteiger partial charge in [-0.25, -0.2) is 4.79 Å². The van der Waals surface area contributed by atoms with Gasteiger partial charge in [0.25, 0.3) is 5.91 Å². The lowest BCUT2D eigenvalue weighted by Gasteiger charge is -2.27. The number of carboxylic acid groups (broad SMARTS) is 1. The average molecular weight is 223 g/mol. The monoisotopic (exact) mass is 223 g/mol. The summed E-state index contributed by atoms with van der Waals surface area (Å²) in [5, 5.41) is 11.6. The van der Waals surface area contributed by atoms with E-state index < -0.39 is 17.9 Å². The molecule has 88 valence electrons. The van der Waals surface area contributed by atoms with Gasteiger partial charge >= 0.3 is 5.97 Å². The second-order valence-corrected chi connectivity index (χ2v) is 4.06. The molecule has 1 atom stereocenters. The molecule has 2 N–H and O–H groups in total. The highest BCUT2D eigenvalue weighted by Gasteiger charge is 2.30. The molecular weight excluding hydrogens is 206 g/mol. The van der Waals surface area contributed by atoms with E-state index >= 15 is 0 Å². The van der Waals surface area contributed by atoms with Gasteiger partial charge in [0.05, 0.1) is 0 Å². The van der Waals surface area contributed by atoms with Crippen LogP contribution < -0.4 is 5.32 Å². The molecule has 0 spiro atoms. The summed E-state index contributed by atoms with van der Waals surface area (Å²) < 4.78 is 0. The Morgan fingerprint density at radius 3 is 2.44 bits per heavy atom. The van der Waals surface area contributed by atoms with Crippen molar-refractivity contribution in [1.82, 2.24) is 5.32 Å². The zero-order chi connectivity index (χ0) is 12.0. The zero-order valence-corrected chi connectivity index (χ0v) is 9.45. The van der Waals surface area contributed by atoms with E-state index in [1.54, 1.807) is 6.92 Å². The SMILES string of the molecule is CC#CC(=O)NC(C(=O)O)C1CCCCC1. The lowest BCUT2D eigenvalue weighted by Crippen LogP contribution is -2.46. The number of hydrogen-bond donors (Lipinski definition) is 2. The molecule has 0 aromatic rings. The van der Waals surface area contributed by atoms with Gasteiger partial charge in [-0.3, -0.25) is 4.79 Å². The lowest BCUT2D eigenvalue weighted by atomic mass is 9.84. The van der Waals surface area contributed by atoms with E-state index in [0.29, 0.717) is 0 Å². The third kappa shape index (κ3) is 3.58. The number of hydrogen-bond acceptors (Lipinski definition) is 2. The Kier molecular flexibility index (Phi) is 4.84. The molecule has 1 aliphatic rings. The van der Waals surface area contributed by atoms with Crippen molar-refractivity contribution in [1.29, 1.82) is 0 Å². The maximum atomic E-state index is 11.3. The summed E-state index contributed by atoms with van der Waals surface area (Å²) in [6, 6.07) is -0.784. The highest BCUT2D eigenvalue weighted by atomic mass is 16.4. The van der Waals surface area contributed by atoms with Crippen LogP contribution in [0.5, 0.6) is 0 Å². The topological polar surface area (TPSA) is 66.4 Å². The molecule has 0 bridgehead atoms. The third-order valence-corrected chi connectivity index (χ3v) is 2.91. The van der Waals surface area contributed by atoms with Crippen LogP contribution in [-0.4, -0.2) is 23.0 Å². The van der Waals surface area contributed by atoms with Crippen LogP contribution in [0.1, 0.15) is 39.0 Å². The van der Waals surface area contributed by atoms with Gasteiger partial charge in [0.15, 0.2) is 0 Å². The summed E-state index contributed by atoms with van der Waals surface area (Å²) in [5.74, 6) is 3.36. The van der Waals surface area contributed by atoms with E-state index in [2.05, 4.69) is 17.2 Å². The molecule has 1 amide bonds. The van der Waals surface area contributed by atoms with Crippen LogP contribution in [0.15, 0.2) is 0 Å². The Labute approximate surface area is 95.4 Å². The van der Waals surface area contributed by atoms with Crippen LogP contribution in [0.2, 0.25) is 0 Å². The van der Waals surface area contributed by atoms with Crippen molar-refractivity contribution < 1.29 is 14.7 Å². The summed E-state index contributed by atoms with van der Waals surface area (Å²) in [7, 11) is 0. The number of rotatable bonds is 3. The molecule has 16 heavy (non-hydrogen) atoms. The standard InChI is InChI=1S/C12H17NO3/c1-2-6-10(14)13-11(12(15)16)9-7-4-3-5-8-9/h9,11H,3-5,7-8H2,1H3,(H,13,14)(H,15,16). The normalized spacial score (nSPS) is 18.1. The van der Waals surface area contributed by atoms with Gasteiger partial charge in [0, 0.05) is 0 Å². The molecule has 0 saturated heterocycles. The first-order chi connectivity index (χ1) is 7.65. The summed E-state index contributed by atoms with van der Waals surface area (Å²) in [6.45, 7) is 1.55. The third-order valence-electron chi connectivity index (χ3n) is 2.91. The van der Waals surface area contributed by atoms with Crippen molar-refractivity contribution >= 4 is 11.9 Å². The molecule has 0 heterocycles. The Morgan fingerprint density at radius 1 is 1.31 bits per heavy atom. The number of nitrogens with one attached hydrogen (secondary N) is 1. The molecular formula is C12H17NO3. The largest absolute Gasteiger partial charge is 0.480 e. The first-order valence-electron chi connectivity index (χ1n) is 5.61. The van der Waals surface area contributed by atoms with Crippen LogP contribution in [-0.2, 0) is 9.59 Å². The number of aliphatic carboxylic acids is 1. The Bertz CT molecular complexity index is 321. The Balaban J connectivity index is 2.61. The van der Waals surface area contributed by atoms with Gasteiger partial charge in [0.2, 0.25) is 0 Å². The van der Waals surface area contributed by atoms with Crippen molar-refractivity contribution in [3.63, 3.8) is 0 Å². The minimum Gasteiger partial charge on any atom is -0.480 e. The maximum absolute atomic E-state index is 11.3. The molecule has 0 aromatic heterocycles. The van der Waals surface area contributed by atoms with Crippen LogP contribution in [0.4, 0.5) is 0 Å². The first kappa shape index (κ1) is 12.6. The van der Waals surface area contributed by atoms with E-state index in [4.69, 9.17) is 5.11 Å². The predicted molar refractivity (Wildman–Crippen MR) is 59.6 cm³/mol. The minimum absolute atomic E-state index is 0.0499. The highest BCUT2D eigenvalue weighted by molar-refractivity contribution is 5.96. The molecule has 0 aliphatic heterocycles. The molecule has 4 heteroatoms. The number of carbonyl (C=O) groups excluding carboxylic acids is 1. The molecule has 1 fully saturated rings. The van der Waals surface area contributed by atoms with Crippen LogP contribution in [0, 0.1) is 17.8 Å². The molecule has 1 saturated carbocycles. The van der Waals surface area contributed by atoms with E-state index in [-0.39, 0.29) is 5.92 Å². The van der Waals surface area contributed by atoms with Gasteiger partial charge < -0.3 is 10.4 Å². The number of amides is 1. The molecule has 1 aliphatic carbocycles. The van der Waals surface area contributed by atoms with Crippen LogP contribution in [0.3, 0.4) is 0 Å². The van der Waals surface area contributed by atoms with Crippen LogP contribution >= 0.6 is 0 Å².